The fourth-order valence-electron chi connectivity index (χ4n) is 2.75. The maximum absolute atomic E-state index is 12.1. The third-order valence-corrected chi connectivity index (χ3v) is 3.74. The van der Waals surface area contributed by atoms with E-state index in [1.165, 1.54) is 12.8 Å². The fraction of sp³-hybridized carbons (Fsp3) is 0.800. The van der Waals surface area contributed by atoms with E-state index in [2.05, 4.69) is 30.6 Å². The lowest BCUT2D eigenvalue weighted by Gasteiger charge is -2.31. The minimum absolute atomic E-state index is 0.0614. The van der Waals surface area contributed by atoms with E-state index in [-0.39, 0.29) is 11.9 Å². The smallest absolute Gasteiger partial charge is 0.237 e. The van der Waals surface area contributed by atoms with E-state index in [4.69, 9.17) is 4.74 Å². The highest BCUT2D eigenvalue weighted by Crippen LogP contribution is 2.25. The molecule has 110 valence electrons. The van der Waals surface area contributed by atoms with Crippen molar-refractivity contribution >= 4 is 5.91 Å². The van der Waals surface area contributed by atoms with Gasteiger partial charge in [0.15, 0.2) is 0 Å². The van der Waals surface area contributed by atoms with Crippen LogP contribution in [0, 0.1) is 0 Å². The monoisotopic (exact) mass is 268 g/mol. The summed E-state index contributed by atoms with van der Waals surface area (Å²) in [7, 11) is 0. The molecule has 0 saturated carbocycles. The van der Waals surface area contributed by atoms with E-state index in [0.29, 0.717) is 31.8 Å². The van der Waals surface area contributed by atoms with Gasteiger partial charge in [-0.1, -0.05) is 12.2 Å². The summed E-state index contributed by atoms with van der Waals surface area (Å²) in [6.07, 6.45) is 2.36. The molecular weight excluding hydrogens is 240 g/mol. The van der Waals surface area contributed by atoms with E-state index < -0.39 is 0 Å². The summed E-state index contributed by atoms with van der Waals surface area (Å²) < 4.78 is 5.37. The highest BCUT2D eigenvalue weighted by Gasteiger charge is 2.33. The number of nitrogens with zero attached hydrogens (tertiary/aromatic N) is 1. The summed E-state index contributed by atoms with van der Waals surface area (Å²) in [5.41, 5.74) is 0.999. The lowest BCUT2D eigenvalue weighted by Crippen LogP contribution is -2.49. The highest BCUT2D eigenvalue weighted by molar-refractivity contribution is 5.81. The van der Waals surface area contributed by atoms with Crippen LogP contribution in [0.4, 0.5) is 0 Å². The van der Waals surface area contributed by atoms with Gasteiger partial charge < -0.3 is 10.1 Å². The van der Waals surface area contributed by atoms with Crippen molar-refractivity contribution < 1.29 is 9.53 Å². The number of carbonyl (C=O) groups is 1. The van der Waals surface area contributed by atoms with Crippen LogP contribution in [0.15, 0.2) is 12.2 Å². The minimum atomic E-state index is -0.0614. The Kier molecular flexibility index (Phi) is 6.52. The Morgan fingerprint density at radius 3 is 2.53 bits per heavy atom. The van der Waals surface area contributed by atoms with Gasteiger partial charge in [-0.05, 0) is 40.5 Å². The number of carbonyl (C=O) groups excluding carboxylic acids is 1. The molecular formula is C15H28N2O2. The predicted octanol–water partition coefficient (Wildman–Crippen LogP) is 1.96. The van der Waals surface area contributed by atoms with Crippen LogP contribution in [0.25, 0.3) is 0 Å². The number of rotatable bonds is 7. The normalized spacial score (nSPS) is 25.3. The van der Waals surface area contributed by atoms with Crippen LogP contribution in [0.5, 0.6) is 0 Å². The third-order valence-electron chi connectivity index (χ3n) is 3.74. The molecule has 1 aliphatic rings. The number of hydrogen-bond acceptors (Lipinski definition) is 3. The van der Waals surface area contributed by atoms with E-state index in [0.717, 1.165) is 5.57 Å². The molecule has 1 aliphatic heterocycles. The van der Waals surface area contributed by atoms with Crippen molar-refractivity contribution in [2.24, 2.45) is 0 Å². The third kappa shape index (κ3) is 4.96. The number of likely N-dealkylation sites (tertiary alicyclic amines) is 1. The van der Waals surface area contributed by atoms with Gasteiger partial charge in [-0.3, -0.25) is 9.69 Å². The topological polar surface area (TPSA) is 41.6 Å². The molecule has 0 radical (unpaired) electrons. The van der Waals surface area contributed by atoms with Crippen LogP contribution in [0.1, 0.15) is 40.5 Å². The van der Waals surface area contributed by atoms with E-state index >= 15 is 0 Å². The lowest BCUT2D eigenvalue weighted by atomic mass is 10.2. The van der Waals surface area contributed by atoms with Gasteiger partial charge in [-0.25, -0.2) is 0 Å². The van der Waals surface area contributed by atoms with Gasteiger partial charge in [0.05, 0.1) is 19.3 Å². The number of nitrogens with one attached hydrogen (secondary N) is 1. The van der Waals surface area contributed by atoms with Crippen LogP contribution < -0.4 is 5.32 Å². The standard InChI is InChI=1S/C15H28N2O2/c1-11(2)10-19-9-8-16-15(18)14(5)17-12(3)6-7-13(17)4/h12-14H,1,6-10H2,2-5H3,(H,16,18). The van der Waals surface area contributed by atoms with Gasteiger partial charge in [0, 0.05) is 18.6 Å². The SMILES string of the molecule is C=C(C)COCCNC(=O)C(C)N1C(C)CCC1C. The molecule has 1 N–H and O–H groups in total. The minimum Gasteiger partial charge on any atom is -0.375 e. The molecule has 0 spiro atoms. The Morgan fingerprint density at radius 2 is 2.00 bits per heavy atom. The Labute approximate surface area is 117 Å². The van der Waals surface area contributed by atoms with Gasteiger partial charge in [-0.2, -0.15) is 0 Å². The van der Waals surface area contributed by atoms with E-state index in [9.17, 15) is 4.79 Å². The number of amides is 1. The first kappa shape index (κ1) is 16.2. The second-order valence-electron chi connectivity index (χ2n) is 5.70. The lowest BCUT2D eigenvalue weighted by molar-refractivity contribution is -0.127. The van der Waals surface area contributed by atoms with Gasteiger partial charge in [0.2, 0.25) is 5.91 Å². The molecule has 1 amide bonds. The highest BCUT2D eigenvalue weighted by atomic mass is 16.5. The van der Waals surface area contributed by atoms with Crippen molar-refractivity contribution in [1.82, 2.24) is 10.2 Å². The molecule has 1 saturated heterocycles. The first-order chi connectivity index (χ1) is 8.93. The van der Waals surface area contributed by atoms with E-state index in [1.807, 2.05) is 13.8 Å². The quantitative estimate of drug-likeness (QED) is 0.567. The van der Waals surface area contributed by atoms with Crippen molar-refractivity contribution in [3.63, 3.8) is 0 Å². The molecule has 1 fully saturated rings. The molecule has 1 rings (SSSR count). The zero-order chi connectivity index (χ0) is 14.4. The molecule has 1 heterocycles. The Hall–Kier alpha value is -0.870. The number of ether oxygens (including phenoxy) is 1. The Morgan fingerprint density at radius 1 is 1.42 bits per heavy atom. The molecule has 0 aliphatic carbocycles. The van der Waals surface area contributed by atoms with Gasteiger partial charge in [-0.15, -0.1) is 0 Å². The summed E-state index contributed by atoms with van der Waals surface area (Å²) in [5, 5.41) is 2.94. The zero-order valence-electron chi connectivity index (χ0n) is 12.7. The average molecular weight is 268 g/mol. The van der Waals surface area contributed by atoms with E-state index in [1.54, 1.807) is 0 Å². The van der Waals surface area contributed by atoms with Crippen LogP contribution >= 0.6 is 0 Å². The van der Waals surface area contributed by atoms with Crippen molar-refractivity contribution in [1.29, 1.82) is 0 Å². The van der Waals surface area contributed by atoms with Gasteiger partial charge in [0.25, 0.3) is 0 Å². The first-order valence-corrected chi connectivity index (χ1v) is 7.20. The number of hydrogen-bond donors (Lipinski definition) is 1. The van der Waals surface area contributed by atoms with Crippen LogP contribution in [-0.2, 0) is 9.53 Å². The molecule has 0 aromatic rings. The average Bonchev–Trinajstić information content (AvgIpc) is 2.67. The second-order valence-corrected chi connectivity index (χ2v) is 5.70. The molecule has 3 atom stereocenters. The van der Waals surface area contributed by atoms with Gasteiger partial charge >= 0.3 is 0 Å². The molecule has 4 nitrogen and oxygen atoms in total. The predicted molar refractivity (Wildman–Crippen MR) is 78.1 cm³/mol. The maximum Gasteiger partial charge on any atom is 0.237 e. The molecule has 19 heavy (non-hydrogen) atoms. The van der Waals surface area contributed by atoms with Gasteiger partial charge in [0.1, 0.15) is 0 Å². The Balaban J connectivity index is 2.27. The zero-order valence-corrected chi connectivity index (χ0v) is 12.7. The molecule has 0 aromatic heterocycles. The van der Waals surface area contributed by atoms with Crippen LogP contribution in [0.3, 0.4) is 0 Å². The van der Waals surface area contributed by atoms with Crippen LogP contribution in [0.2, 0.25) is 0 Å². The molecule has 4 heteroatoms. The first-order valence-electron chi connectivity index (χ1n) is 7.20. The Bertz CT molecular complexity index is 307. The van der Waals surface area contributed by atoms with Crippen LogP contribution in [-0.4, -0.2) is 48.7 Å². The molecule has 0 bridgehead atoms. The van der Waals surface area contributed by atoms with Crippen molar-refractivity contribution in [2.45, 2.75) is 58.7 Å². The van der Waals surface area contributed by atoms with Crippen molar-refractivity contribution in [3.05, 3.63) is 12.2 Å². The second kappa shape index (κ2) is 7.65. The largest absolute Gasteiger partial charge is 0.375 e. The summed E-state index contributed by atoms with van der Waals surface area (Å²) in [6, 6.07) is 0.930. The fourth-order valence-corrected chi connectivity index (χ4v) is 2.75. The summed E-state index contributed by atoms with van der Waals surface area (Å²) in [4.78, 5) is 14.4. The summed E-state index contributed by atoms with van der Waals surface area (Å²) >= 11 is 0. The van der Waals surface area contributed by atoms with Crippen molar-refractivity contribution in [2.75, 3.05) is 19.8 Å². The summed E-state index contributed by atoms with van der Waals surface area (Å²) in [6.45, 7) is 13.7. The molecule has 3 unspecified atom stereocenters. The maximum atomic E-state index is 12.1. The van der Waals surface area contributed by atoms with Crippen molar-refractivity contribution in [3.8, 4) is 0 Å². The summed E-state index contributed by atoms with van der Waals surface area (Å²) in [5.74, 6) is 0.0968. The molecule has 0 aromatic carbocycles.